The fourth-order valence-electron chi connectivity index (χ4n) is 3.04. The fraction of sp³-hybridized carbons (Fsp3) is 0.0435. The van der Waals surface area contributed by atoms with Gasteiger partial charge >= 0.3 is 0 Å². The lowest BCUT2D eigenvalue weighted by Gasteiger charge is -2.10. The molecule has 2 heterocycles. The fourth-order valence-corrected chi connectivity index (χ4v) is 3.04. The predicted octanol–water partition coefficient (Wildman–Crippen LogP) is 4.83. The Morgan fingerprint density at radius 3 is 2.24 bits per heavy atom. The molecule has 10 nitrogen and oxygen atoms in total. The van der Waals surface area contributed by atoms with Crippen LogP contribution in [0.25, 0.3) is 0 Å². The van der Waals surface area contributed by atoms with E-state index in [1.807, 2.05) is 19.1 Å². The molecule has 0 saturated heterocycles. The number of rotatable bonds is 7. The van der Waals surface area contributed by atoms with Crippen LogP contribution < -0.4 is 16.0 Å². The van der Waals surface area contributed by atoms with Crippen LogP contribution >= 0.6 is 0 Å². The molecular formula is C23H19N7O3. The van der Waals surface area contributed by atoms with E-state index in [-0.39, 0.29) is 11.3 Å². The molecule has 3 N–H and O–H groups in total. The Morgan fingerprint density at radius 1 is 0.848 bits per heavy atom. The molecule has 0 aliphatic carbocycles. The Labute approximate surface area is 188 Å². The molecule has 0 saturated carbocycles. The van der Waals surface area contributed by atoms with E-state index in [0.29, 0.717) is 23.1 Å². The molecule has 1 amide bonds. The number of anilines is 5. The minimum Gasteiger partial charge on any atom is -0.340 e. The summed E-state index contributed by atoms with van der Waals surface area (Å²) in [7, 11) is 0. The van der Waals surface area contributed by atoms with Gasteiger partial charge < -0.3 is 16.0 Å². The number of amides is 1. The van der Waals surface area contributed by atoms with Gasteiger partial charge in [-0.2, -0.15) is 0 Å². The van der Waals surface area contributed by atoms with E-state index in [1.165, 1.54) is 24.5 Å². The standard InChI is InChI=1S/C23H19N7O3/c1-15-10-11-24-20(12-15)29-22-13-21(25-14-26-22)27-16-6-8-17(9-7-16)28-23(31)18-4-2-3-5-19(18)30(32)33/h2-14H,1H3,(H,28,31)(H2,24,25,26,27,29). The monoisotopic (exact) mass is 441 g/mol. The van der Waals surface area contributed by atoms with Crippen LogP contribution in [0.4, 0.5) is 34.5 Å². The molecule has 0 bridgehead atoms. The van der Waals surface area contributed by atoms with Crippen LogP contribution in [-0.4, -0.2) is 25.8 Å². The normalized spacial score (nSPS) is 10.3. The number of nitro benzene ring substituents is 1. The molecule has 0 aliphatic heterocycles. The van der Waals surface area contributed by atoms with Gasteiger partial charge in [-0.15, -0.1) is 0 Å². The zero-order valence-corrected chi connectivity index (χ0v) is 17.5. The zero-order chi connectivity index (χ0) is 23.2. The van der Waals surface area contributed by atoms with Gasteiger partial charge in [0.15, 0.2) is 0 Å². The first-order chi connectivity index (χ1) is 16.0. The maximum absolute atomic E-state index is 12.5. The van der Waals surface area contributed by atoms with Crippen LogP contribution in [0.15, 0.2) is 79.3 Å². The molecule has 0 aliphatic rings. The first-order valence-electron chi connectivity index (χ1n) is 9.91. The number of carbonyl (C=O) groups excluding carboxylic acids is 1. The molecule has 2 aromatic heterocycles. The van der Waals surface area contributed by atoms with Gasteiger partial charge in [0.2, 0.25) is 0 Å². The van der Waals surface area contributed by atoms with Crippen molar-refractivity contribution < 1.29 is 9.72 Å². The van der Waals surface area contributed by atoms with Gasteiger partial charge in [-0.05, 0) is 55.0 Å². The molecule has 0 atom stereocenters. The molecule has 0 radical (unpaired) electrons. The third-order valence-corrected chi connectivity index (χ3v) is 4.60. The summed E-state index contributed by atoms with van der Waals surface area (Å²) >= 11 is 0. The SMILES string of the molecule is Cc1ccnc(Nc2cc(Nc3ccc(NC(=O)c4ccccc4[N+](=O)[O-])cc3)ncn2)c1. The minimum absolute atomic E-state index is 0.00573. The molecule has 0 unspecified atom stereocenters. The largest absolute Gasteiger partial charge is 0.340 e. The summed E-state index contributed by atoms with van der Waals surface area (Å²) in [5, 5.41) is 20.1. The van der Waals surface area contributed by atoms with E-state index < -0.39 is 10.8 Å². The number of hydrogen-bond acceptors (Lipinski definition) is 8. The number of aryl methyl sites for hydroxylation is 1. The Kier molecular flexibility index (Phi) is 6.17. The quantitative estimate of drug-likeness (QED) is 0.274. The summed E-state index contributed by atoms with van der Waals surface area (Å²) in [5.74, 6) is 1.27. The number of nitrogens with zero attached hydrogens (tertiary/aromatic N) is 4. The highest BCUT2D eigenvalue weighted by Gasteiger charge is 2.19. The molecule has 4 aromatic rings. The Morgan fingerprint density at radius 2 is 1.52 bits per heavy atom. The predicted molar refractivity (Wildman–Crippen MR) is 125 cm³/mol. The minimum atomic E-state index is -0.582. The summed E-state index contributed by atoms with van der Waals surface area (Å²) in [6.45, 7) is 1.98. The lowest BCUT2D eigenvalue weighted by Crippen LogP contribution is -2.13. The van der Waals surface area contributed by atoms with Crippen molar-refractivity contribution in [1.29, 1.82) is 0 Å². The van der Waals surface area contributed by atoms with E-state index in [4.69, 9.17) is 0 Å². The molecule has 4 rings (SSSR count). The second kappa shape index (κ2) is 9.52. The molecular weight excluding hydrogens is 422 g/mol. The van der Waals surface area contributed by atoms with Crippen LogP contribution in [0.1, 0.15) is 15.9 Å². The van der Waals surface area contributed by atoms with Crippen LogP contribution in [0.2, 0.25) is 0 Å². The highest BCUT2D eigenvalue weighted by molar-refractivity contribution is 6.07. The van der Waals surface area contributed by atoms with Crippen molar-refractivity contribution in [2.24, 2.45) is 0 Å². The van der Waals surface area contributed by atoms with E-state index in [9.17, 15) is 14.9 Å². The van der Waals surface area contributed by atoms with Crippen molar-refractivity contribution in [3.05, 3.63) is 100 Å². The number of carbonyl (C=O) groups is 1. The summed E-state index contributed by atoms with van der Waals surface area (Å²) in [6, 6.07) is 18.2. The van der Waals surface area contributed by atoms with Crippen LogP contribution in [0, 0.1) is 17.0 Å². The first kappa shape index (κ1) is 21.4. The highest BCUT2D eigenvalue weighted by atomic mass is 16.6. The van der Waals surface area contributed by atoms with E-state index in [0.717, 1.165) is 11.3 Å². The maximum atomic E-state index is 12.5. The van der Waals surface area contributed by atoms with Gasteiger partial charge in [-0.1, -0.05) is 12.1 Å². The number of nitrogens with one attached hydrogen (secondary N) is 3. The van der Waals surface area contributed by atoms with Gasteiger partial charge in [0.1, 0.15) is 29.3 Å². The van der Waals surface area contributed by atoms with Crippen LogP contribution in [0.3, 0.4) is 0 Å². The molecule has 164 valence electrons. The highest BCUT2D eigenvalue weighted by Crippen LogP contribution is 2.22. The van der Waals surface area contributed by atoms with E-state index >= 15 is 0 Å². The van der Waals surface area contributed by atoms with Gasteiger partial charge in [-0.25, -0.2) is 15.0 Å². The van der Waals surface area contributed by atoms with Crippen molar-refractivity contribution in [3.63, 3.8) is 0 Å². The Hall–Kier alpha value is -4.86. The number of para-hydroxylation sites is 1. The topological polar surface area (TPSA) is 135 Å². The summed E-state index contributed by atoms with van der Waals surface area (Å²) in [4.78, 5) is 35.7. The number of pyridine rings is 1. The number of nitro groups is 1. The summed E-state index contributed by atoms with van der Waals surface area (Å²) in [5.41, 5.74) is 2.06. The average Bonchev–Trinajstić information content (AvgIpc) is 2.80. The first-order valence-corrected chi connectivity index (χ1v) is 9.91. The van der Waals surface area contributed by atoms with Gasteiger partial charge in [0.25, 0.3) is 11.6 Å². The Balaban J connectivity index is 1.42. The van der Waals surface area contributed by atoms with Gasteiger partial charge in [-0.3, -0.25) is 14.9 Å². The second-order valence-electron chi connectivity index (χ2n) is 7.06. The maximum Gasteiger partial charge on any atom is 0.282 e. The van der Waals surface area contributed by atoms with E-state index in [2.05, 4.69) is 30.9 Å². The average molecular weight is 441 g/mol. The number of aromatic nitrogens is 3. The van der Waals surface area contributed by atoms with Crippen LogP contribution in [0.5, 0.6) is 0 Å². The van der Waals surface area contributed by atoms with Gasteiger partial charge in [0.05, 0.1) is 4.92 Å². The summed E-state index contributed by atoms with van der Waals surface area (Å²) in [6.07, 6.45) is 3.15. The van der Waals surface area contributed by atoms with Crippen molar-refractivity contribution >= 4 is 40.4 Å². The van der Waals surface area contributed by atoms with Crippen molar-refractivity contribution in [2.75, 3.05) is 16.0 Å². The van der Waals surface area contributed by atoms with Crippen molar-refractivity contribution in [2.45, 2.75) is 6.92 Å². The lowest BCUT2D eigenvalue weighted by molar-refractivity contribution is -0.385. The molecule has 0 fully saturated rings. The Bertz CT molecular complexity index is 1310. The number of benzene rings is 2. The lowest BCUT2D eigenvalue weighted by atomic mass is 10.1. The van der Waals surface area contributed by atoms with E-state index in [1.54, 1.807) is 42.6 Å². The summed E-state index contributed by atoms with van der Waals surface area (Å²) < 4.78 is 0. The molecule has 2 aromatic carbocycles. The third kappa shape index (κ3) is 5.44. The molecule has 10 heteroatoms. The molecule has 0 spiro atoms. The third-order valence-electron chi connectivity index (χ3n) is 4.60. The van der Waals surface area contributed by atoms with Crippen LogP contribution in [-0.2, 0) is 0 Å². The van der Waals surface area contributed by atoms with Crippen molar-refractivity contribution in [3.8, 4) is 0 Å². The smallest absolute Gasteiger partial charge is 0.282 e. The second-order valence-corrected chi connectivity index (χ2v) is 7.06. The number of hydrogen-bond donors (Lipinski definition) is 3. The van der Waals surface area contributed by atoms with Crippen molar-refractivity contribution in [1.82, 2.24) is 15.0 Å². The molecule has 33 heavy (non-hydrogen) atoms. The van der Waals surface area contributed by atoms with Gasteiger partial charge in [0, 0.05) is 29.7 Å². The zero-order valence-electron chi connectivity index (χ0n) is 17.5.